The van der Waals surface area contributed by atoms with Gasteiger partial charge in [-0.2, -0.15) is 0 Å². The number of aromatic nitrogens is 4. The van der Waals surface area contributed by atoms with E-state index in [2.05, 4.69) is 69.0 Å². The maximum absolute atomic E-state index is 4.13. The van der Waals surface area contributed by atoms with Crippen LogP contribution in [0.2, 0.25) is 0 Å². The molecule has 2 aromatic heterocycles. The fourth-order valence-electron chi connectivity index (χ4n) is 1.72. The minimum atomic E-state index is 0.154. The van der Waals surface area contributed by atoms with E-state index in [1.54, 1.807) is 11.3 Å². The Hall–Kier alpha value is -0.790. The minimum absolute atomic E-state index is 0.154. The summed E-state index contributed by atoms with van der Waals surface area (Å²) in [5.41, 5.74) is 0. The maximum atomic E-state index is 4.13. The van der Waals surface area contributed by atoms with Gasteiger partial charge in [0.2, 0.25) is 0 Å². The summed E-state index contributed by atoms with van der Waals surface area (Å²) in [6.07, 6.45) is 0. The predicted octanol–water partition coefficient (Wildman–Crippen LogP) is 2.85. The Morgan fingerprint density at radius 2 is 2.21 bits per heavy atom. The first-order valence-corrected chi connectivity index (χ1v) is 7.96. The third-order valence-electron chi connectivity index (χ3n) is 2.71. The third-order valence-corrected chi connectivity index (χ3v) is 4.39. The fourth-order valence-corrected chi connectivity index (χ4v) is 3.15. The lowest BCUT2D eigenvalue weighted by Gasteiger charge is -2.14. The summed E-state index contributed by atoms with van der Waals surface area (Å²) >= 11 is 5.16. The molecule has 2 aromatic rings. The van der Waals surface area contributed by atoms with E-state index < -0.39 is 0 Å². The Kier molecular flexibility index (Phi) is 5.06. The van der Waals surface area contributed by atoms with Crippen LogP contribution in [-0.2, 0) is 6.54 Å². The molecule has 104 valence electrons. The lowest BCUT2D eigenvalue weighted by atomic mass is 10.2. The number of thiophene rings is 1. The monoisotopic (exact) mass is 343 g/mol. The highest BCUT2D eigenvalue weighted by molar-refractivity contribution is 9.10. The molecule has 0 bridgehead atoms. The van der Waals surface area contributed by atoms with Crippen LogP contribution in [0.15, 0.2) is 15.9 Å². The summed E-state index contributed by atoms with van der Waals surface area (Å²) < 4.78 is 2.96. The topological polar surface area (TPSA) is 55.6 Å². The number of hydrogen-bond acceptors (Lipinski definition) is 5. The molecule has 0 fully saturated rings. The van der Waals surface area contributed by atoms with Crippen molar-refractivity contribution < 1.29 is 0 Å². The molecule has 2 heterocycles. The second kappa shape index (κ2) is 6.58. The zero-order chi connectivity index (χ0) is 13.8. The summed E-state index contributed by atoms with van der Waals surface area (Å²) in [5, 5.41) is 17.5. The summed E-state index contributed by atoms with van der Waals surface area (Å²) in [7, 11) is 0. The molecule has 0 aliphatic carbocycles. The van der Waals surface area contributed by atoms with Gasteiger partial charge in [0.05, 0.1) is 12.6 Å². The highest BCUT2D eigenvalue weighted by Gasteiger charge is 2.15. The van der Waals surface area contributed by atoms with Crippen LogP contribution in [0.3, 0.4) is 0 Å². The van der Waals surface area contributed by atoms with Crippen molar-refractivity contribution in [2.75, 3.05) is 6.54 Å². The lowest BCUT2D eigenvalue weighted by molar-refractivity contribution is 0.462. The second-order valence-corrected chi connectivity index (χ2v) is 6.86. The molecule has 0 aliphatic rings. The van der Waals surface area contributed by atoms with Crippen molar-refractivity contribution in [3.05, 3.63) is 26.6 Å². The smallest absolute Gasteiger partial charge is 0.168 e. The van der Waals surface area contributed by atoms with E-state index in [-0.39, 0.29) is 6.04 Å². The molecule has 2 rings (SSSR count). The van der Waals surface area contributed by atoms with Crippen molar-refractivity contribution in [1.29, 1.82) is 0 Å². The largest absolute Gasteiger partial charge is 0.307 e. The standard InChI is InChI=1S/C12H18BrN5S/c1-8(2)5-14-9(3)12-15-16-17-18(12)6-11-4-10(13)7-19-11/h4,7-9,14H,5-6H2,1-3H3. The molecule has 5 nitrogen and oxygen atoms in total. The SMILES string of the molecule is CC(C)CNC(C)c1nnnn1Cc1cc(Br)cs1. The Balaban J connectivity index is 2.04. The Bertz CT molecular complexity index is 522. The molecular formula is C12H18BrN5S. The molecular weight excluding hydrogens is 326 g/mol. The number of nitrogens with one attached hydrogen (secondary N) is 1. The van der Waals surface area contributed by atoms with Gasteiger partial charge < -0.3 is 5.32 Å². The first kappa shape index (κ1) is 14.6. The Morgan fingerprint density at radius 1 is 1.42 bits per heavy atom. The normalized spacial score (nSPS) is 13.1. The molecule has 1 unspecified atom stereocenters. The number of rotatable bonds is 6. The van der Waals surface area contributed by atoms with Crippen molar-refractivity contribution in [3.63, 3.8) is 0 Å². The molecule has 0 spiro atoms. The second-order valence-electron chi connectivity index (χ2n) is 4.95. The first-order chi connectivity index (χ1) is 9.06. The van der Waals surface area contributed by atoms with Gasteiger partial charge in [-0.05, 0) is 51.8 Å². The lowest BCUT2D eigenvalue weighted by Crippen LogP contribution is -2.26. The molecule has 0 radical (unpaired) electrons. The van der Waals surface area contributed by atoms with Gasteiger partial charge in [-0.15, -0.1) is 16.4 Å². The molecule has 0 aromatic carbocycles. The minimum Gasteiger partial charge on any atom is -0.307 e. The van der Waals surface area contributed by atoms with Gasteiger partial charge in [-0.25, -0.2) is 4.68 Å². The van der Waals surface area contributed by atoms with E-state index >= 15 is 0 Å². The van der Waals surface area contributed by atoms with Crippen molar-refractivity contribution in [2.45, 2.75) is 33.4 Å². The van der Waals surface area contributed by atoms with Crippen LogP contribution in [0.5, 0.6) is 0 Å². The van der Waals surface area contributed by atoms with E-state index in [4.69, 9.17) is 0 Å². The van der Waals surface area contributed by atoms with Crippen LogP contribution in [0.1, 0.15) is 37.5 Å². The van der Waals surface area contributed by atoms with E-state index in [9.17, 15) is 0 Å². The zero-order valence-electron chi connectivity index (χ0n) is 11.3. The van der Waals surface area contributed by atoms with E-state index in [1.807, 2.05) is 4.68 Å². The van der Waals surface area contributed by atoms with Gasteiger partial charge in [0.1, 0.15) is 0 Å². The summed E-state index contributed by atoms with van der Waals surface area (Å²) in [6.45, 7) is 8.14. The van der Waals surface area contributed by atoms with Crippen LogP contribution < -0.4 is 5.32 Å². The van der Waals surface area contributed by atoms with Gasteiger partial charge in [0, 0.05) is 14.7 Å². The van der Waals surface area contributed by atoms with Crippen LogP contribution in [0.25, 0.3) is 0 Å². The molecule has 7 heteroatoms. The quantitative estimate of drug-likeness (QED) is 0.876. The van der Waals surface area contributed by atoms with Gasteiger partial charge in [0.15, 0.2) is 5.82 Å². The van der Waals surface area contributed by atoms with Crippen molar-refractivity contribution >= 4 is 27.3 Å². The number of nitrogens with zero attached hydrogens (tertiary/aromatic N) is 4. The summed E-state index contributed by atoms with van der Waals surface area (Å²) in [4.78, 5) is 1.23. The summed E-state index contributed by atoms with van der Waals surface area (Å²) in [5.74, 6) is 1.49. The Morgan fingerprint density at radius 3 is 2.84 bits per heavy atom. The maximum Gasteiger partial charge on any atom is 0.168 e. The number of tetrazole rings is 1. The molecule has 0 saturated carbocycles. The van der Waals surface area contributed by atoms with E-state index in [1.165, 1.54) is 4.88 Å². The first-order valence-electron chi connectivity index (χ1n) is 6.28. The molecule has 0 amide bonds. The van der Waals surface area contributed by atoms with Gasteiger partial charge in [-0.3, -0.25) is 0 Å². The van der Waals surface area contributed by atoms with Gasteiger partial charge in [-0.1, -0.05) is 13.8 Å². The predicted molar refractivity (Wildman–Crippen MR) is 80.2 cm³/mol. The molecule has 0 saturated heterocycles. The van der Waals surface area contributed by atoms with Crippen molar-refractivity contribution in [2.24, 2.45) is 5.92 Å². The van der Waals surface area contributed by atoms with Crippen molar-refractivity contribution in [3.8, 4) is 0 Å². The van der Waals surface area contributed by atoms with E-state index in [0.717, 1.165) is 16.8 Å². The number of halogens is 1. The number of hydrogen-bond donors (Lipinski definition) is 1. The van der Waals surface area contributed by atoms with E-state index in [0.29, 0.717) is 12.5 Å². The van der Waals surface area contributed by atoms with Crippen molar-refractivity contribution in [1.82, 2.24) is 25.5 Å². The fraction of sp³-hybridized carbons (Fsp3) is 0.583. The molecule has 19 heavy (non-hydrogen) atoms. The van der Waals surface area contributed by atoms with Crippen LogP contribution in [-0.4, -0.2) is 26.8 Å². The zero-order valence-corrected chi connectivity index (χ0v) is 13.7. The molecule has 0 aliphatic heterocycles. The molecule has 1 atom stereocenters. The summed E-state index contributed by atoms with van der Waals surface area (Å²) in [6, 6.07) is 2.25. The highest BCUT2D eigenvalue weighted by Crippen LogP contribution is 2.21. The Labute approximate surface area is 125 Å². The average molecular weight is 344 g/mol. The third kappa shape index (κ3) is 4.09. The van der Waals surface area contributed by atoms with Crippen LogP contribution in [0.4, 0.5) is 0 Å². The van der Waals surface area contributed by atoms with Gasteiger partial charge in [0.25, 0.3) is 0 Å². The molecule has 1 N–H and O–H groups in total. The van der Waals surface area contributed by atoms with Crippen LogP contribution >= 0.6 is 27.3 Å². The van der Waals surface area contributed by atoms with Crippen LogP contribution in [0, 0.1) is 5.92 Å². The van der Waals surface area contributed by atoms with Gasteiger partial charge >= 0.3 is 0 Å². The highest BCUT2D eigenvalue weighted by atomic mass is 79.9. The average Bonchev–Trinajstić information content (AvgIpc) is 2.96.